The third-order valence-electron chi connectivity index (χ3n) is 6.65. The highest BCUT2D eigenvalue weighted by molar-refractivity contribution is 5.70. The van der Waals surface area contributed by atoms with E-state index in [4.69, 9.17) is 0 Å². The SMILES string of the molecule is C=NCCCC#CC1CC(C(C)=CC)C(C(C)CC)=C(C)c2c(C)cc(C)n2C1. The molecule has 3 unspecified atom stereocenters. The third-order valence-corrected chi connectivity index (χ3v) is 6.65. The molecular formula is C27H40N2. The Morgan fingerprint density at radius 2 is 2.10 bits per heavy atom. The average Bonchev–Trinajstić information content (AvgIpc) is 2.97. The van der Waals surface area contributed by atoms with Crippen molar-refractivity contribution in [3.63, 3.8) is 0 Å². The van der Waals surface area contributed by atoms with Crippen molar-refractivity contribution in [3.05, 3.63) is 40.2 Å². The van der Waals surface area contributed by atoms with Crippen molar-refractivity contribution < 1.29 is 0 Å². The van der Waals surface area contributed by atoms with Gasteiger partial charge in [0, 0.05) is 42.7 Å². The summed E-state index contributed by atoms with van der Waals surface area (Å²) < 4.78 is 2.53. The van der Waals surface area contributed by atoms with E-state index >= 15 is 0 Å². The molecule has 0 saturated heterocycles. The Morgan fingerprint density at radius 1 is 1.38 bits per heavy atom. The van der Waals surface area contributed by atoms with Crippen molar-refractivity contribution in [2.45, 2.75) is 80.7 Å². The predicted molar refractivity (Wildman–Crippen MR) is 128 cm³/mol. The Labute approximate surface area is 179 Å². The van der Waals surface area contributed by atoms with E-state index in [1.54, 1.807) is 5.57 Å². The van der Waals surface area contributed by atoms with Crippen LogP contribution in [0.1, 0.15) is 77.3 Å². The first-order valence-corrected chi connectivity index (χ1v) is 11.3. The molecule has 1 aromatic heterocycles. The molecule has 0 saturated carbocycles. The standard InChI is InChI=1S/C27H40N2/c1-9-19(3)25-17-24(14-12-11-13-15-28-8)18-29-22(6)16-21(5)27(29)23(7)26(25)20(4)10-2/h9,16,20,24-25H,8,10-11,13,15,17-18H2,1-7H3. The lowest BCUT2D eigenvalue weighted by atomic mass is 9.74. The van der Waals surface area contributed by atoms with Crippen molar-refractivity contribution in [1.82, 2.24) is 4.57 Å². The van der Waals surface area contributed by atoms with Crippen LogP contribution >= 0.6 is 0 Å². The third kappa shape index (κ3) is 5.33. The van der Waals surface area contributed by atoms with Crippen LogP contribution in [0.5, 0.6) is 0 Å². The zero-order valence-electron chi connectivity index (χ0n) is 19.7. The monoisotopic (exact) mass is 392 g/mol. The van der Waals surface area contributed by atoms with Crippen LogP contribution in [0, 0.1) is 43.4 Å². The Hall–Kier alpha value is -2.01. The van der Waals surface area contributed by atoms with Gasteiger partial charge in [0.1, 0.15) is 0 Å². The molecule has 0 spiro atoms. The Bertz CT molecular complexity index is 838. The molecule has 3 atom stereocenters. The van der Waals surface area contributed by atoms with E-state index in [0.717, 1.165) is 32.4 Å². The number of aliphatic imine (C=N–C) groups is 1. The lowest BCUT2D eigenvalue weighted by Crippen LogP contribution is -2.24. The van der Waals surface area contributed by atoms with Gasteiger partial charge in [-0.15, -0.1) is 5.92 Å². The van der Waals surface area contributed by atoms with Crippen molar-refractivity contribution in [2.24, 2.45) is 22.7 Å². The van der Waals surface area contributed by atoms with Crippen molar-refractivity contribution in [3.8, 4) is 11.8 Å². The van der Waals surface area contributed by atoms with E-state index in [0.29, 0.717) is 17.8 Å². The molecule has 0 bridgehead atoms. The highest BCUT2D eigenvalue weighted by atomic mass is 15.0. The van der Waals surface area contributed by atoms with Crippen LogP contribution in [-0.2, 0) is 6.54 Å². The number of unbranched alkanes of at least 4 members (excludes halogenated alkanes) is 1. The molecule has 2 heterocycles. The van der Waals surface area contributed by atoms with Gasteiger partial charge in [-0.2, -0.15) is 0 Å². The number of aromatic nitrogens is 1. The normalized spacial score (nSPS) is 21.0. The molecule has 0 aliphatic carbocycles. The van der Waals surface area contributed by atoms with Gasteiger partial charge < -0.3 is 9.56 Å². The van der Waals surface area contributed by atoms with Crippen LogP contribution < -0.4 is 0 Å². The van der Waals surface area contributed by atoms with Gasteiger partial charge in [-0.3, -0.25) is 0 Å². The maximum atomic E-state index is 3.95. The molecule has 1 aliphatic rings. The molecule has 0 amide bonds. The minimum absolute atomic E-state index is 0.364. The number of rotatable bonds is 6. The van der Waals surface area contributed by atoms with Gasteiger partial charge in [0.2, 0.25) is 0 Å². The van der Waals surface area contributed by atoms with Crippen LogP contribution in [0.4, 0.5) is 0 Å². The molecule has 1 aliphatic heterocycles. The summed E-state index contributed by atoms with van der Waals surface area (Å²) in [5.41, 5.74) is 8.76. The summed E-state index contributed by atoms with van der Waals surface area (Å²) >= 11 is 0. The zero-order valence-corrected chi connectivity index (χ0v) is 19.7. The van der Waals surface area contributed by atoms with Crippen LogP contribution in [0.25, 0.3) is 5.57 Å². The number of hydrogen-bond donors (Lipinski definition) is 0. The summed E-state index contributed by atoms with van der Waals surface area (Å²) in [6.45, 7) is 21.4. The summed E-state index contributed by atoms with van der Waals surface area (Å²) in [6.07, 6.45) is 6.50. The van der Waals surface area contributed by atoms with Crippen molar-refractivity contribution >= 4 is 12.3 Å². The summed E-state index contributed by atoms with van der Waals surface area (Å²) in [7, 11) is 0. The quantitative estimate of drug-likeness (QED) is 0.214. The number of allylic oxidation sites excluding steroid dienone is 4. The molecule has 0 fully saturated rings. The Morgan fingerprint density at radius 3 is 2.72 bits per heavy atom. The van der Waals surface area contributed by atoms with Gasteiger partial charge in [-0.1, -0.05) is 37.0 Å². The van der Waals surface area contributed by atoms with Gasteiger partial charge in [-0.05, 0) is 83.7 Å². The minimum atomic E-state index is 0.364. The van der Waals surface area contributed by atoms with Gasteiger partial charge in [0.05, 0.1) is 0 Å². The Balaban J connectivity index is 2.60. The molecule has 158 valence electrons. The molecule has 0 radical (unpaired) electrons. The molecule has 0 N–H and O–H groups in total. The fourth-order valence-electron chi connectivity index (χ4n) is 4.85. The summed E-state index contributed by atoms with van der Waals surface area (Å²) in [6, 6.07) is 2.34. The lowest BCUT2D eigenvalue weighted by Gasteiger charge is -2.33. The smallest absolute Gasteiger partial charge is 0.0468 e. The first kappa shape index (κ1) is 23.3. The first-order valence-electron chi connectivity index (χ1n) is 11.3. The topological polar surface area (TPSA) is 17.3 Å². The summed E-state index contributed by atoms with van der Waals surface area (Å²) in [5.74, 6) is 8.52. The molecule has 29 heavy (non-hydrogen) atoms. The molecule has 2 heteroatoms. The van der Waals surface area contributed by atoms with Gasteiger partial charge in [0.15, 0.2) is 0 Å². The van der Waals surface area contributed by atoms with E-state index < -0.39 is 0 Å². The predicted octanol–water partition coefficient (Wildman–Crippen LogP) is 7.01. The largest absolute Gasteiger partial charge is 0.344 e. The molecule has 0 aromatic carbocycles. The van der Waals surface area contributed by atoms with E-state index in [9.17, 15) is 0 Å². The number of aryl methyl sites for hydroxylation is 2. The van der Waals surface area contributed by atoms with Crippen LogP contribution in [0.15, 0.2) is 28.3 Å². The van der Waals surface area contributed by atoms with Crippen LogP contribution in [-0.4, -0.2) is 17.8 Å². The number of fused-ring (bicyclic) bond motifs is 1. The molecule has 1 aromatic rings. The zero-order chi connectivity index (χ0) is 21.6. The first-order chi connectivity index (χ1) is 13.8. The highest BCUT2D eigenvalue weighted by Crippen LogP contribution is 2.41. The second-order valence-corrected chi connectivity index (χ2v) is 8.71. The second kappa shape index (κ2) is 10.7. The summed E-state index contributed by atoms with van der Waals surface area (Å²) in [4.78, 5) is 3.95. The maximum Gasteiger partial charge on any atom is 0.0468 e. The maximum absolute atomic E-state index is 3.95. The summed E-state index contributed by atoms with van der Waals surface area (Å²) in [5, 5.41) is 0. The molecule has 2 rings (SSSR count). The van der Waals surface area contributed by atoms with E-state index in [1.165, 1.54) is 34.5 Å². The van der Waals surface area contributed by atoms with Gasteiger partial charge >= 0.3 is 0 Å². The fourth-order valence-corrected chi connectivity index (χ4v) is 4.85. The second-order valence-electron chi connectivity index (χ2n) is 8.71. The van der Waals surface area contributed by atoms with Crippen molar-refractivity contribution in [1.29, 1.82) is 0 Å². The fraction of sp³-hybridized carbons (Fsp3) is 0.593. The minimum Gasteiger partial charge on any atom is -0.344 e. The average molecular weight is 393 g/mol. The Kier molecular flexibility index (Phi) is 8.57. The van der Waals surface area contributed by atoms with E-state index in [2.05, 4.69) is 88.7 Å². The van der Waals surface area contributed by atoms with Crippen LogP contribution in [0.2, 0.25) is 0 Å². The molecule has 2 nitrogen and oxygen atoms in total. The van der Waals surface area contributed by atoms with Crippen LogP contribution in [0.3, 0.4) is 0 Å². The van der Waals surface area contributed by atoms with Gasteiger partial charge in [-0.25, -0.2) is 0 Å². The highest BCUT2D eigenvalue weighted by Gasteiger charge is 2.30. The van der Waals surface area contributed by atoms with E-state index in [1.807, 2.05) is 0 Å². The molecular weight excluding hydrogens is 352 g/mol. The van der Waals surface area contributed by atoms with Gasteiger partial charge in [0.25, 0.3) is 0 Å². The lowest BCUT2D eigenvalue weighted by molar-refractivity contribution is 0.422. The number of hydrogen-bond acceptors (Lipinski definition) is 1. The number of nitrogens with zero attached hydrogens (tertiary/aromatic N) is 2. The van der Waals surface area contributed by atoms with E-state index in [-0.39, 0.29) is 0 Å². The van der Waals surface area contributed by atoms with Crippen molar-refractivity contribution in [2.75, 3.05) is 6.54 Å².